The summed E-state index contributed by atoms with van der Waals surface area (Å²) in [6.07, 6.45) is 1.39. The third-order valence-corrected chi connectivity index (χ3v) is 3.81. The van der Waals surface area contributed by atoms with E-state index >= 15 is 0 Å². The van der Waals surface area contributed by atoms with Gasteiger partial charge in [0.25, 0.3) is 5.69 Å². The minimum atomic E-state index is -0.880. The first-order valence-corrected chi connectivity index (χ1v) is 7.06. The van der Waals surface area contributed by atoms with Crippen LogP contribution in [0, 0.1) is 16.0 Å². The van der Waals surface area contributed by atoms with Crippen LogP contribution in [0.3, 0.4) is 0 Å². The molecule has 126 valence electrons. The SMILES string of the molecule is COC(=O)C1=C(C)N=CC(C(=O)OC)C1c1cccc([N+](=O)[O-])c1. The highest BCUT2D eigenvalue weighted by Crippen LogP contribution is 2.38. The summed E-state index contributed by atoms with van der Waals surface area (Å²) in [6.45, 7) is 1.61. The van der Waals surface area contributed by atoms with Crippen LogP contribution in [0.15, 0.2) is 40.5 Å². The molecule has 8 nitrogen and oxygen atoms in total. The van der Waals surface area contributed by atoms with E-state index in [4.69, 9.17) is 9.47 Å². The summed E-state index contributed by atoms with van der Waals surface area (Å²) in [4.78, 5) is 38.9. The van der Waals surface area contributed by atoms with E-state index in [0.29, 0.717) is 11.3 Å². The average Bonchev–Trinajstić information content (AvgIpc) is 2.60. The van der Waals surface area contributed by atoms with Gasteiger partial charge in [0.15, 0.2) is 0 Å². The van der Waals surface area contributed by atoms with Crippen LogP contribution in [0.2, 0.25) is 0 Å². The number of allylic oxidation sites excluding steroid dienone is 1. The van der Waals surface area contributed by atoms with Crippen molar-refractivity contribution in [3.8, 4) is 0 Å². The number of non-ortho nitro benzene ring substituents is 1. The number of benzene rings is 1. The van der Waals surface area contributed by atoms with Crippen molar-refractivity contribution in [3.63, 3.8) is 0 Å². The number of hydrogen-bond donors (Lipinski definition) is 0. The normalized spacial score (nSPS) is 19.8. The van der Waals surface area contributed by atoms with Crippen molar-refractivity contribution in [2.75, 3.05) is 14.2 Å². The minimum Gasteiger partial charge on any atom is -0.468 e. The van der Waals surface area contributed by atoms with E-state index in [9.17, 15) is 19.7 Å². The lowest BCUT2D eigenvalue weighted by Gasteiger charge is -2.28. The van der Waals surface area contributed by atoms with Gasteiger partial charge in [-0.15, -0.1) is 0 Å². The Kier molecular flexibility index (Phi) is 5.08. The Morgan fingerprint density at radius 1 is 1.25 bits per heavy atom. The second-order valence-electron chi connectivity index (χ2n) is 5.15. The Morgan fingerprint density at radius 2 is 1.96 bits per heavy atom. The maximum absolute atomic E-state index is 12.2. The molecule has 2 atom stereocenters. The highest BCUT2D eigenvalue weighted by atomic mass is 16.6. The highest BCUT2D eigenvalue weighted by Gasteiger charge is 2.39. The number of aliphatic imine (C=N–C) groups is 1. The van der Waals surface area contributed by atoms with Gasteiger partial charge in [0.2, 0.25) is 0 Å². The Hall–Kier alpha value is -3.03. The monoisotopic (exact) mass is 332 g/mol. The second-order valence-corrected chi connectivity index (χ2v) is 5.15. The number of carbonyl (C=O) groups excluding carboxylic acids is 2. The van der Waals surface area contributed by atoms with Crippen LogP contribution in [-0.2, 0) is 19.1 Å². The van der Waals surface area contributed by atoms with Crippen molar-refractivity contribution in [2.24, 2.45) is 10.9 Å². The molecule has 8 heteroatoms. The minimum absolute atomic E-state index is 0.138. The molecule has 1 aliphatic rings. The summed E-state index contributed by atoms with van der Waals surface area (Å²) in [7, 11) is 2.45. The third-order valence-electron chi connectivity index (χ3n) is 3.81. The van der Waals surface area contributed by atoms with Crippen molar-refractivity contribution in [2.45, 2.75) is 12.8 Å². The van der Waals surface area contributed by atoms with Crippen molar-refractivity contribution >= 4 is 23.8 Å². The quantitative estimate of drug-likeness (QED) is 0.474. The Labute approximate surface area is 137 Å². The average molecular weight is 332 g/mol. The third kappa shape index (κ3) is 3.17. The molecule has 2 rings (SSSR count). The molecule has 0 fully saturated rings. The number of carbonyl (C=O) groups is 2. The standard InChI is InChI=1S/C16H16N2O6/c1-9-13(16(20)24-3)14(12(8-17-9)15(19)23-2)10-5-4-6-11(7-10)18(21)22/h4-8,12,14H,1-3H3. The molecule has 1 aromatic rings. The van der Waals surface area contributed by atoms with Crippen LogP contribution in [0.5, 0.6) is 0 Å². The van der Waals surface area contributed by atoms with Gasteiger partial charge in [0.1, 0.15) is 5.92 Å². The first kappa shape index (κ1) is 17.3. The highest BCUT2D eigenvalue weighted by molar-refractivity contribution is 5.99. The Bertz CT molecular complexity index is 753. The van der Waals surface area contributed by atoms with Crippen molar-refractivity contribution in [3.05, 3.63) is 51.2 Å². The van der Waals surface area contributed by atoms with E-state index in [1.165, 1.54) is 38.6 Å². The molecule has 2 unspecified atom stereocenters. The number of nitro benzene ring substituents is 1. The van der Waals surface area contributed by atoms with E-state index in [1.807, 2.05) is 0 Å². The number of methoxy groups -OCH3 is 2. The second kappa shape index (κ2) is 7.03. The smallest absolute Gasteiger partial charge is 0.336 e. The molecule has 0 bridgehead atoms. The molecule has 1 aliphatic heterocycles. The van der Waals surface area contributed by atoms with Crippen molar-refractivity contribution in [1.82, 2.24) is 0 Å². The Balaban J connectivity index is 2.63. The van der Waals surface area contributed by atoms with E-state index in [1.54, 1.807) is 13.0 Å². The summed E-state index contributed by atoms with van der Waals surface area (Å²) < 4.78 is 9.57. The lowest BCUT2D eigenvalue weighted by atomic mass is 9.78. The zero-order valence-corrected chi connectivity index (χ0v) is 13.4. The van der Waals surface area contributed by atoms with E-state index < -0.39 is 28.7 Å². The number of rotatable bonds is 4. The molecule has 0 aromatic heterocycles. The fraction of sp³-hybridized carbons (Fsp3) is 0.312. The fourth-order valence-electron chi connectivity index (χ4n) is 2.68. The lowest BCUT2D eigenvalue weighted by Crippen LogP contribution is -2.32. The zero-order chi connectivity index (χ0) is 17.9. The largest absolute Gasteiger partial charge is 0.468 e. The van der Waals surface area contributed by atoms with Crippen LogP contribution < -0.4 is 0 Å². The molecule has 0 aliphatic carbocycles. The summed E-state index contributed by atoms with van der Waals surface area (Å²) >= 11 is 0. The van der Waals surface area contributed by atoms with Crippen molar-refractivity contribution in [1.29, 1.82) is 0 Å². The summed E-state index contributed by atoms with van der Waals surface area (Å²) in [5, 5.41) is 11.0. The van der Waals surface area contributed by atoms with Gasteiger partial charge in [-0.25, -0.2) is 4.79 Å². The molecule has 0 amide bonds. The molecule has 1 aromatic carbocycles. The molecule has 24 heavy (non-hydrogen) atoms. The van der Waals surface area contributed by atoms with Gasteiger partial charge in [0, 0.05) is 30.0 Å². The molecule has 0 saturated heterocycles. The molecule has 1 heterocycles. The van der Waals surface area contributed by atoms with E-state index in [-0.39, 0.29) is 11.3 Å². The topological polar surface area (TPSA) is 108 Å². The van der Waals surface area contributed by atoms with Crippen LogP contribution in [0.1, 0.15) is 18.4 Å². The maximum atomic E-state index is 12.2. The van der Waals surface area contributed by atoms with Crippen LogP contribution in [0.4, 0.5) is 5.69 Å². The first-order valence-electron chi connectivity index (χ1n) is 7.06. The predicted molar refractivity (Wildman–Crippen MR) is 84.6 cm³/mol. The van der Waals surface area contributed by atoms with Crippen molar-refractivity contribution < 1.29 is 24.0 Å². The summed E-state index contributed by atoms with van der Waals surface area (Å²) in [6, 6.07) is 5.78. The van der Waals surface area contributed by atoms with Crippen LogP contribution in [0.25, 0.3) is 0 Å². The first-order chi connectivity index (χ1) is 11.4. The van der Waals surface area contributed by atoms with Gasteiger partial charge in [-0.05, 0) is 12.5 Å². The number of esters is 2. The van der Waals surface area contributed by atoms with E-state index in [2.05, 4.69) is 4.99 Å². The van der Waals surface area contributed by atoms with Gasteiger partial charge in [-0.1, -0.05) is 12.1 Å². The van der Waals surface area contributed by atoms with Crippen LogP contribution >= 0.6 is 0 Å². The van der Waals surface area contributed by atoms with Gasteiger partial charge in [-0.2, -0.15) is 0 Å². The van der Waals surface area contributed by atoms with Crippen LogP contribution in [-0.4, -0.2) is 37.3 Å². The predicted octanol–water partition coefficient (Wildman–Crippen LogP) is 2.00. The Morgan fingerprint density at radius 3 is 2.54 bits per heavy atom. The number of hydrogen-bond acceptors (Lipinski definition) is 7. The van der Waals surface area contributed by atoms with E-state index in [0.717, 1.165) is 0 Å². The summed E-state index contributed by atoms with van der Waals surface area (Å²) in [5.41, 5.74) is 0.861. The molecule has 0 N–H and O–H groups in total. The fourth-order valence-corrected chi connectivity index (χ4v) is 2.68. The molecular formula is C16H16N2O6. The van der Waals surface area contributed by atoms with Gasteiger partial charge in [0.05, 0.1) is 24.7 Å². The zero-order valence-electron chi connectivity index (χ0n) is 13.4. The van der Waals surface area contributed by atoms with Gasteiger partial charge < -0.3 is 9.47 Å². The summed E-state index contributed by atoms with van der Waals surface area (Å²) in [5.74, 6) is -2.89. The lowest BCUT2D eigenvalue weighted by molar-refractivity contribution is -0.384. The van der Waals surface area contributed by atoms with Gasteiger partial charge >= 0.3 is 11.9 Å². The molecule has 0 saturated carbocycles. The molecule has 0 radical (unpaired) electrons. The molecule has 0 spiro atoms. The number of nitro groups is 1. The molecular weight excluding hydrogens is 316 g/mol. The van der Waals surface area contributed by atoms with Gasteiger partial charge in [-0.3, -0.25) is 19.9 Å². The number of ether oxygens (including phenoxy) is 2. The number of nitrogens with zero attached hydrogens (tertiary/aromatic N) is 2. The maximum Gasteiger partial charge on any atom is 0.336 e.